The van der Waals surface area contributed by atoms with Crippen LogP contribution in [0.2, 0.25) is 0 Å². The van der Waals surface area contributed by atoms with Crippen LogP contribution in [0.15, 0.2) is 18.2 Å². The Hall–Kier alpha value is -0.870. The monoisotopic (exact) mass is 283 g/mol. The molecule has 0 aromatic heterocycles. The van der Waals surface area contributed by atoms with Gasteiger partial charge in [0.2, 0.25) is 5.91 Å². The summed E-state index contributed by atoms with van der Waals surface area (Å²) in [5.74, 6) is 0.0764. The van der Waals surface area contributed by atoms with Gasteiger partial charge in [0.05, 0.1) is 6.10 Å². The van der Waals surface area contributed by atoms with E-state index in [1.807, 2.05) is 18.2 Å². The van der Waals surface area contributed by atoms with Crippen LogP contribution in [-0.2, 0) is 11.2 Å². The number of anilines is 1. The van der Waals surface area contributed by atoms with E-state index < -0.39 is 6.10 Å². The first-order valence-electron chi connectivity index (χ1n) is 5.28. The van der Waals surface area contributed by atoms with Gasteiger partial charge in [0.1, 0.15) is 0 Å². The first kappa shape index (κ1) is 11.6. The molecule has 4 heteroatoms. The number of carbonyl (C=O) groups is 1. The molecule has 0 spiro atoms. The molecule has 0 bridgehead atoms. The number of fused-ring (bicyclic) bond motifs is 1. The van der Waals surface area contributed by atoms with Gasteiger partial charge in [-0.15, -0.1) is 0 Å². The van der Waals surface area contributed by atoms with Gasteiger partial charge >= 0.3 is 0 Å². The first-order chi connectivity index (χ1) is 7.63. The van der Waals surface area contributed by atoms with Gasteiger partial charge in [0.25, 0.3) is 0 Å². The predicted molar refractivity (Wildman–Crippen MR) is 66.9 cm³/mol. The maximum atomic E-state index is 11.4. The van der Waals surface area contributed by atoms with Gasteiger partial charge in [0.15, 0.2) is 0 Å². The molecule has 86 valence electrons. The van der Waals surface area contributed by atoms with Crippen molar-refractivity contribution in [1.29, 1.82) is 0 Å². The number of amides is 1. The van der Waals surface area contributed by atoms with Crippen LogP contribution in [-0.4, -0.2) is 22.9 Å². The number of aliphatic hydroxyl groups is 1. The molecule has 0 fully saturated rings. The Morgan fingerprint density at radius 3 is 3.00 bits per heavy atom. The lowest BCUT2D eigenvalue weighted by Gasteiger charge is -2.15. The molecule has 2 rings (SSSR count). The molecular weight excluding hydrogens is 270 g/mol. The van der Waals surface area contributed by atoms with Crippen molar-refractivity contribution in [3.8, 4) is 0 Å². The quantitative estimate of drug-likeness (QED) is 0.844. The standard InChI is InChI=1S/C12H14BrNO2/c1-8(15)14-5-4-9-6-10(12(16)7-13)2-3-11(9)14/h2-3,6,12,16H,4-5,7H2,1H3. The largest absolute Gasteiger partial charge is 0.388 e. The molecule has 0 aliphatic carbocycles. The van der Waals surface area contributed by atoms with E-state index in [1.54, 1.807) is 11.8 Å². The average Bonchev–Trinajstić information content (AvgIpc) is 2.70. The third-order valence-electron chi connectivity index (χ3n) is 2.91. The molecule has 1 amide bonds. The predicted octanol–water partition coefficient (Wildman–Crippen LogP) is 2.02. The van der Waals surface area contributed by atoms with Gasteiger partial charge in [-0.25, -0.2) is 0 Å². The number of aliphatic hydroxyl groups excluding tert-OH is 1. The third kappa shape index (κ3) is 1.99. The highest BCUT2D eigenvalue weighted by molar-refractivity contribution is 9.09. The Labute approximate surface area is 103 Å². The van der Waals surface area contributed by atoms with Crippen LogP contribution in [0.1, 0.15) is 24.2 Å². The van der Waals surface area contributed by atoms with Gasteiger partial charge in [-0.3, -0.25) is 4.79 Å². The van der Waals surface area contributed by atoms with E-state index in [9.17, 15) is 9.90 Å². The fraction of sp³-hybridized carbons (Fsp3) is 0.417. The van der Waals surface area contributed by atoms with Gasteiger partial charge < -0.3 is 10.0 Å². The Balaban J connectivity index is 2.32. The summed E-state index contributed by atoms with van der Waals surface area (Å²) in [6.07, 6.45) is 0.397. The first-order valence-corrected chi connectivity index (χ1v) is 6.40. The second-order valence-electron chi connectivity index (χ2n) is 3.98. The highest BCUT2D eigenvalue weighted by Crippen LogP contribution is 2.30. The number of alkyl halides is 1. The molecule has 0 saturated carbocycles. The fourth-order valence-corrected chi connectivity index (χ4v) is 2.42. The van der Waals surface area contributed by atoms with Crippen molar-refractivity contribution in [2.24, 2.45) is 0 Å². The summed E-state index contributed by atoms with van der Waals surface area (Å²) >= 11 is 3.25. The molecule has 1 aromatic carbocycles. The van der Waals surface area contributed by atoms with Crippen LogP contribution in [0.25, 0.3) is 0 Å². The Bertz CT molecular complexity index is 419. The summed E-state index contributed by atoms with van der Waals surface area (Å²) in [6.45, 7) is 2.33. The molecule has 1 aliphatic heterocycles. The highest BCUT2D eigenvalue weighted by Gasteiger charge is 2.22. The lowest BCUT2D eigenvalue weighted by atomic mass is 10.1. The average molecular weight is 284 g/mol. The minimum absolute atomic E-state index is 0.0764. The van der Waals surface area contributed by atoms with Gasteiger partial charge in [-0.1, -0.05) is 28.1 Å². The topological polar surface area (TPSA) is 40.5 Å². The van der Waals surface area contributed by atoms with Gasteiger partial charge in [-0.2, -0.15) is 0 Å². The highest BCUT2D eigenvalue weighted by atomic mass is 79.9. The molecule has 0 radical (unpaired) electrons. The molecule has 1 N–H and O–H groups in total. The van der Waals surface area contributed by atoms with Crippen LogP contribution in [0.3, 0.4) is 0 Å². The number of nitrogens with zero attached hydrogens (tertiary/aromatic N) is 1. The summed E-state index contributed by atoms with van der Waals surface area (Å²) in [6, 6.07) is 5.79. The zero-order chi connectivity index (χ0) is 11.7. The molecule has 1 unspecified atom stereocenters. The molecular formula is C12H14BrNO2. The van der Waals surface area contributed by atoms with Crippen molar-refractivity contribution in [3.63, 3.8) is 0 Å². The van der Waals surface area contributed by atoms with Crippen molar-refractivity contribution in [3.05, 3.63) is 29.3 Å². The summed E-state index contributed by atoms with van der Waals surface area (Å²) in [5.41, 5.74) is 3.03. The van der Waals surface area contributed by atoms with Crippen molar-refractivity contribution >= 4 is 27.5 Å². The molecule has 16 heavy (non-hydrogen) atoms. The Morgan fingerprint density at radius 2 is 2.38 bits per heavy atom. The van der Waals surface area contributed by atoms with E-state index in [-0.39, 0.29) is 5.91 Å². The van der Waals surface area contributed by atoms with E-state index in [0.717, 1.165) is 29.8 Å². The number of hydrogen-bond acceptors (Lipinski definition) is 2. The fourth-order valence-electron chi connectivity index (χ4n) is 2.05. The summed E-state index contributed by atoms with van der Waals surface area (Å²) < 4.78 is 0. The molecule has 1 heterocycles. The van der Waals surface area contributed by atoms with Gasteiger partial charge in [0, 0.05) is 24.5 Å². The van der Waals surface area contributed by atoms with E-state index in [4.69, 9.17) is 0 Å². The minimum Gasteiger partial charge on any atom is -0.388 e. The Kier molecular flexibility index (Phi) is 3.30. The van der Waals surface area contributed by atoms with E-state index in [2.05, 4.69) is 15.9 Å². The van der Waals surface area contributed by atoms with Crippen LogP contribution < -0.4 is 4.90 Å². The van der Waals surface area contributed by atoms with Crippen molar-refractivity contribution < 1.29 is 9.90 Å². The molecule has 0 saturated heterocycles. The number of hydrogen-bond donors (Lipinski definition) is 1. The molecule has 1 aromatic rings. The van der Waals surface area contributed by atoms with Crippen LogP contribution in [0.4, 0.5) is 5.69 Å². The number of halogens is 1. The normalized spacial score (nSPS) is 16.1. The van der Waals surface area contributed by atoms with Crippen molar-refractivity contribution in [2.75, 3.05) is 16.8 Å². The summed E-state index contributed by atoms with van der Waals surface area (Å²) in [4.78, 5) is 13.1. The third-order valence-corrected chi connectivity index (χ3v) is 3.52. The minimum atomic E-state index is -0.475. The zero-order valence-electron chi connectivity index (χ0n) is 9.11. The van der Waals surface area contributed by atoms with Gasteiger partial charge in [-0.05, 0) is 23.6 Å². The number of carbonyl (C=O) groups excluding carboxylic acids is 1. The summed E-state index contributed by atoms with van der Waals surface area (Å²) in [7, 11) is 0. The smallest absolute Gasteiger partial charge is 0.223 e. The molecule has 3 nitrogen and oxygen atoms in total. The van der Waals surface area contributed by atoms with Crippen molar-refractivity contribution in [2.45, 2.75) is 19.4 Å². The van der Waals surface area contributed by atoms with Crippen LogP contribution >= 0.6 is 15.9 Å². The second-order valence-corrected chi connectivity index (χ2v) is 4.63. The van der Waals surface area contributed by atoms with E-state index >= 15 is 0 Å². The lowest BCUT2D eigenvalue weighted by molar-refractivity contribution is -0.116. The maximum absolute atomic E-state index is 11.4. The van der Waals surface area contributed by atoms with E-state index in [0.29, 0.717) is 5.33 Å². The molecule has 1 aliphatic rings. The number of benzene rings is 1. The van der Waals surface area contributed by atoms with Crippen LogP contribution in [0.5, 0.6) is 0 Å². The lowest BCUT2D eigenvalue weighted by Crippen LogP contribution is -2.25. The molecule has 1 atom stereocenters. The Morgan fingerprint density at radius 1 is 1.62 bits per heavy atom. The van der Waals surface area contributed by atoms with E-state index in [1.165, 1.54) is 0 Å². The number of rotatable bonds is 2. The maximum Gasteiger partial charge on any atom is 0.223 e. The summed E-state index contributed by atoms with van der Waals surface area (Å²) in [5, 5.41) is 10.2. The second kappa shape index (κ2) is 4.55. The zero-order valence-corrected chi connectivity index (χ0v) is 10.7. The van der Waals surface area contributed by atoms with Crippen LogP contribution in [0, 0.1) is 0 Å². The van der Waals surface area contributed by atoms with Crippen molar-refractivity contribution in [1.82, 2.24) is 0 Å². The SMILES string of the molecule is CC(=O)N1CCc2cc(C(O)CBr)ccc21.